The lowest BCUT2D eigenvalue weighted by atomic mass is 10.3. The molecule has 0 aliphatic rings. The Morgan fingerprint density at radius 2 is 2.00 bits per heavy atom. The third kappa shape index (κ3) is 8.63. The molecule has 0 heterocycles. The molecule has 116 valence electrons. The topological polar surface area (TPSA) is 33.3 Å². The fraction of sp³-hybridized carbons (Fsp3) is 0.438. The summed E-state index contributed by atoms with van der Waals surface area (Å²) in [5, 5.41) is 7.01. The van der Waals surface area contributed by atoms with Gasteiger partial charge in [-0.3, -0.25) is 0 Å². The Bertz CT molecular complexity index is 452. The minimum absolute atomic E-state index is 0.290. The Hall–Kier alpha value is -1.20. The summed E-state index contributed by atoms with van der Waals surface area (Å²) in [5.74, 6) is 1.85. The van der Waals surface area contributed by atoms with E-state index < -0.39 is 0 Å². The highest BCUT2D eigenvalue weighted by Crippen LogP contribution is 2.22. The summed E-state index contributed by atoms with van der Waals surface area (Å²) in [7, 11) is 0. The molecule has 0 fully saturated rings. The molecule has 0 aliphatic heterocycles. The molecule has 0 radical (unpaired) electrons. The molecular weight excluding hydrogens is 300 g/mol. The van der Waals surface area contributed by atoms with Crippen LogP contribution in [0, 0.1) is 0 Å². The van der Waals surface area contributed by atoms with E-state index in [-0.39, 0.29) is 4.75 Å². The summed E-state index contributed by atoms with van der Waals surface area (Å²) in [5.41, 5.74) is 0.946. The van der Waals surface area contributed by atoms with Gasteiger partial charge in [0.05, 0.1) is 0 Å². The molecule has 3 nitrogen and oxygen atoms in total. The third-order valence-corrected chi connectivity index (χ3v) is 3.92. The largest absolute Gasteiger partial charge is 0.490 e. The predicted molar refractivity (Wildman–Crippen MR) is 98.6 cm³/mol. The van der Waals surface area contributed by atoms with Crippen LogP contribution in [0.25, 0.3) is 0 Å². The van der Waals surface area contributed by atoms with E-state index in [0.717, 1.165) is 23.7 Å². The van der Waals surface area contributed by atoms with Crippen molar-refractivity contribution >= 4 is 34.8 Å². The highest BCUT2D eigenvalue weighted by molar-refractivity contribution is 8.00. The van der Waals surface area contributed by atoms with E-state index in [1.165, 1.54) is 0 Å². The molecule has 0 atom stereocenters. The first-order chi connectivity index (χ1) is 9.90. The van der Waals surface area contributed by atoms with Gasteiger partial charge in [-0.25, -0.2) is 0 Å². The number of anilines is 1. The molecule has 5 heteroatoms. The Morgan fingerprint density at radius 1 is 1.33 bits per heavy atom. The zero-order chi connectivity index (χ0) is 15.7. The number of nitrogens with one attached hydrogen (secondary N) is 2. The van der Waals surface area contributed by atoms with Crippen molar-refractivity contribution in [3.05, 3.63) is 36.9 Å². The average Bonchev–Trinajstić information content (AvgIpc) is 2.42. The van der Waals surface area contributed by atoms with Crippen molar-refractivity contribution < 1.29 is 4.74 Å². The lowest BCUT2D eigenvalue weighted by molar-refractivity contribution is 0.363. The van der Waals surface area contributed by atoms with Crippen LogP contribution in [0.2, 0.25) is 0 Å². The van der Waals surface area contributed by atoms with E-state index in [4.69, 9.17) is 17.0 Å². The maximum atomic E-state index is 5.43. The normalized spacial score (nSPS) is 10.8. The van der Waals surface area contributed by atoms with Crippen LogP contribution in [0.1, 0.15) is 20.8 Å². The Morgan fingerprint density at radius 3 is 2.57 bits per heavy atom. The maximum Gasteiger partial charge on any atom is 0.170 e. The number of hydrogen-bond acceptors (Lipinski definition) is 3. The van der Waals surface area contributed by atoms with Crippen molar-refractivity contribution in [1.82, 2.24) is 5.32 Å². The Kier molecular flexibility index (Phi) is 7.61. The molecule has 0 saturated heterocycles. The number of hydrogen-bond donors (Lipinski definition) is 2. The standard InChI is InChI=1S/C16H24N2OS2/c1-5-11-19-14-8-6-13(7-9-14)18-15(20)17-10-12-21-16(2,3)4/h5-9H,1,10-12H2,2-4H3,(H2,17,18,20). The van der Waals surface area contributed by atoms with Crippen LogP contribution in [0.3, 0.4) is 0 Å². The first-order valence-corrected chi connectivity index (χ1v) is 8.32. The summed E-state index contributed by atoms with van der Waals surface area (Å²) < 4.78 is 5.72. The second kappa shape index (κ2) is 8.95. The monoisotopic (exact) mass is 324 g/mol. The zero-order valence-electron chi connectivity index (χ0n) is 12.9. The third-order valence-electron chi connectivity index (χ3n) is 2.40. The Labute approximate surface area is 137 Å². The molecule has 0 bridgehead atoms. The second-order valence-corrected chi connectivity index (χ2v) is 7.80. The quantitative estimate of drug-likeness (QED) is 0.449. The summed E-state index contributed by atoms with van der Waals surface area (Å²) in [6, 6.07) is 7.69. The van der Waals surface area contributed by atoms with Crippen LogP contribution < -0.4 is 15.4 Å². The molecule has 0 saturated carbocycles. The number of rotatable bonds is 7. The van der Waals surface area contributed by atoms with Gasteiger partial charge in [0.25, 0.3) is 0 Å². The average molecular weight is 325 g/mol. The van der Waals surface area contributed by atoms with E-state index in [2.05, 4.69) is 38.0 Å². The van der Waals surface area contributed by atoms with Gasteiger partial charge in [-0.2, -0.15) is 11.8 Å². The molecule has 2 N–H and O–H groups in total. The van der Waals surface area contributed by atoms with Crippen molar-refractivity contribution in [2.75, 3.05) is 24.2 Å². The smallest absolute Gasteiger partial charge is 0.170 e. The van der Waals surface area contributed by atoms with E-state index in [9.17, 15) is 0 Å². The molecule has 1 rings (SSSR count). The zero-order valence-corrected chi connectivity index (χ0v) is 14.6. The fourth-order valence-electron chi connectivity index (χ4n) is 1.49. The van der Waals surface area contributed by atoms with Gasteiger partial charge in [0.2, 0.25) is 0 Å². The van der Waals surface area contributed by atoms with Crippen molar-refractivity contribution in [2.45, 2.75) is 25.5 Å². The lowest BCUT2D eigenvalue weighted by Gasteiger charge is -2.18. The van der Waals surface area contributed by atoms with Crippen LogP contribution in [-0.4, -0.2) is 28.8 Å². The summed E-state index contributed by atoms with van der Waals surface area (Å²) in [6.07, 6.45) is 1.72. The maximum absolute atomic E-state index is 5.43. The fourth-order valence-corrected chi connectivity index (χ4v) is 2.52. The first kappa shape index (κ1) is 17.9. The Balaban J connectivity index is 2.29. The van der Waals surface area contributed by atoms with Gasteiger partial charge < -0.3 is 15.4 Å². The summed E-state index contributed by atoms with van der Waals surface area (Å²) >= 11 is 7.19. The van der Waals surface area contributed by atoms with Crippen LogP contribution in [0.4, 0.5) is 5.69 Å². The highest BCUT2D eigenvalue weighted by atomic mass is 32.2. The molecule has 0 spiro atoms. The predicted octanol–water partition coefficient (Wildman–Crippen LogP) is 4.07. The van der Waals surface area contributed by atoms with Gasteiger partial charge in [0.15, 0.2) is 5.11 Å². The molecule has 1 aromatic rings. The minimum atomic E-state index is 0.290. The van der Waals surface area contributed by atoms with E-state index in [1.54, 1.807) is 6.08 Å². The van der Waals surface area contributed by atoms with Gasteiger partial charge in [-0.1, -0.05) is 33.4 Å². The lowest BCUT2D eigenvalue weighted by Crippen LogP contribution is -2.30. The van der Waals surface area contributed by atoms with Crippen LogP contribution in [0.5, 0.6) is 5.75 Å². The van der Waals surface area contributed by atoms with Crippen molar-refractivity contribution in [3.8, 4) is 5.75 Å². The molecule has 0 unspecified atom stereocenters. The number of ether oxygens (including phenoxy) is 1. The van der Waals surface area contributed by atoms with Gasteiger partial charge in [0.1, 0.15) is 12.4 Å². The second-order valence-electron chi connectivity index (χ2n) is 5.47. The number of thiocarbonyl (C=S) groups is 1. The van der Waals surface area contributed by atoms with Crippen molar-refractivity contribution in [1.29, 1.82) is 0 Å². The van der Waals surface area contributed by atoms with Crippen LogP contribution in [-0.2, 0) is 0 Å². The van der Waals surface area contributed by atoms with E-state index >= 15 is 0 Å². The number of thioether (sulfide) groups is 1. The first-order valence-electron chi connectivity index (χ1n) is 6.93. The molecule has 1 aromatic carbocycles. The van der Waals surface area contributed by atoms with Crippen LogP contribution in [0.15, 0.2) is 36.9 Å². The van der Waals surface area contributed by atoms with Crippen molar-refractivity contribution in [2.24, 2.45) is 0 Å². The highest BCUT2D eigenvalue weighted by Gasteiger charge is 2.09. The number of benzene rings is 1. The molecule has 0 amide bonds. The van der Waals surface area contributed by atoms with Gasteiger partial charge in [0, 0.05) is 22.7 Å². The van der Waals surface area contributed by atoms with E-state index in [1.807, 2.05) is 36.0 Å². The SMILES string of the molecule is C=CCOc1ccc(NC(=S)NCCSC(C)(C)C)cc1. The van der Waals surface area contributed by atoms with Crippen LogP contribution >= 0.6 is 24.0 Å². The molecular formula is C16H24N2OS2. The van der Waals surface area contributed by atoms with Gasteiger partial charge in [-0.05, 0) is 36.5 Å². The van der Waals surface area contributed by atoms with Gasteiger partial charge >= 0.3 is 0 Å². The minimum Gasteiger partial charge on any atom is -0.490 e. The van der Waals surface area contributed by atoms with Crippen molar-refractivity contribution in [3.63, 3.8) is 0 Å². The summed E-state index contributed by atoms with van der Waals surface area (Å²) in [6.45, 7) is 11.6. The molecule has 0 aromatic heterocycles. The van der Waals surface area contributed by atoms with E-state index in [0.29, 0.717) is 11.7 Å². The summed E-state index contributed by atoms with van der Waals surface area (Å²) in [4.78, 5) is 0. The molecule has 0 aliphatic carbocycles. The van der Waals surface area contributed by atoms with Gasteiger partial charge in [-0.15, -0.1) is 0 Å². The molecule has 21 heavy (non-hydrogen) atoms.